The Morgan fingerprint density at radius 2 is 2.12 bits per heavy atom. The Bertz CT molecular complexity index is 225. The number of methoxy groups -OCH3 is 1. The van der Waals surface area contributed by atoms with Gasteiger partial charge in [0.05, 0.1) is 6.54 Å². The molecule has 16 heavy (non-hydrogen) atoms. The third kappa shape index (κ3) is 6.08. The lowest BCUT2D eigenvalue weighted by Crippen LogP contribution is -2.40. The SMILES string of the molecule is COCCC(C)(C)CNC(=O)CNC1CC1. The number of hydrogen-bond donors (Lipinski definition) is 2. The first-order valence-electron chi connectivity index (χ1n) is 6.02. The van der Waals surface area contributed by atoms with Crippen molar-refractivity contribution in [1.82, 2.24) is 10.6 Å². The Labute approximate surface area is 98.1 Å². The fraction of sp³-hybridized carbons (Fsp3) is 0.917. The molecule has 0 saturated heterocycles. The van der Waals surface area contributed by atoms with Crippen LogP contribution in [0.3, 0.4) is 0 Å². The molecule has 0 atom stereocenters. The molecular weight excluding hydrogens is 204 g/mol. The molecule has 4 heteroatoms. The number of rotatable bonds is 8. The van der Waals surface area contributed by atoms with Crippen molar-refractivity contribution in [1.29, 1.82) is 0 Å². The molecule has 0 spiro atoms. The maximum atomic E-state index is 11.5. The van der Waals surface area contributed by atoms with Gasteiger partial charge >= 0.3 is 0 Å². The van der Waals surface area contributed by atoms with Crippen LogP contribution in [0, 0.1) is 5.41 Å². The second-order valence-electron chi connectivity index (χ2n) is 5.34. The Morgan fingerprint density at radius 1 is 1.44 bits per heavy atom. The van der Waals surface area contributed by atoms with Gasteiger partial charge in [0.25, 0.3) is 0 Å². The van der Waals surface area contributed by atoms with Crippen molar-refractivity contribution in [3.63, 3.8) is 0 Å². The van der Waals surface area contributed by atoms with Gasteiger partial charge in [0, 0.05) is 26.3 Å². The molecule has 0 aromatic rings. The molecule has 1 amide bonds. The summed E-state index contributed by atoms with van der Waals surface area (Å²) in [5.41, 5.74) is 0.102. The molecule has 0 aliphatic heterocycles. The van der Waals surface area contributed by atoms with Crippen molar-refractivity contribution in [3.05, 3.63) is 0 Å². The van der Waals surface area contributed by atoms with Crippen LogP contribution in [0.5, 0.6) is 0 Å². The first-order valence-corrected chi connectivity index (χ1v) is 6.02. The van der Waals surface area contributed by atoms with E-state index in [1.54, 1.807) is 7.11 Å². The zero-order valence-electron chi connectivity index (χ0n) is 10.6. The van der Waals surface area contributed by atoms with Gasteiger partial charge in [-0.1, -0.05) is 13.8 Å². The van der Waals surface area contributed by atoms with Crippen LogP contribution < -0.4 is 10.6 Å². The fourth-order valence-electron chi connectivity index (χ4n) is 1.39. The Kier molecular flexibility index (Phi) is 5.22. The summed E-state index contributed by atoms with van der Waals surface area (Å²) in [5, 5.41) is 6.16. The standard InChI is InChI=1S/C12H24N2O2/c1-12(2,6-7-16-3)9-14-11(15)8-13-10-4-5-10/h10,13H,4-9H2,1-3H3,(H,14,15). The van der Waals surface area contributed by atoms with Crippen LogP contribution in [-0.2, 0) is 9.53 Å². The summed E-state index contributed by atoms with van der Waals surface area (Å²) in [6.07, 6.45) is 3.39. The van der Waals surface area contributed by atoms with E-state index in [1.807, 2.05) is 0 Å². The van der Waals surface area contributed by atoms with E-state index in [4.69, 9.17) is 4.74 Å². The van der Waals surface area contributed by atoms with Crippen LogP contribution >= 0.6 is 0 Å². The summed E-state index contributed by atoms with van der Waals surface area (Å²) in [4.78, 5) is 11.5. The van der Waals surface area contributed by atoms with Gasteiger partial charge < -0.3 is 15.4 Å². The first kappa shape index (κ1) is 13.5. The van der Waals surface area contributed by atoms with Crippen LogP contribution in [0.25, 0.3) is 0 Å². The van der Waals surface area contributed by atoms with Crippen molar-refractivity contribution in [2.45, 2.75) is 39.2 Å². The quantitative estimate of drug-likeness (QED) is 0.649. The van der Waals surface area contributed by atoms with Crippen molar-refractivity contribution in [2.24, 2.45) is 5.41 Å². The molecule has 1 rings (SSSR count). The second-order valence-corrected chi connectivity index (χ2v) is 5.34. The number of carbonyl (C=O) groups is 1. The number of ether oxygens (including phenoxy) is 1. The molecular formula is C12H24N2O2. The number of amides is 1. The zero-order chi connectivity index (χ0) is 12.0. The van der Waals surface area contributed by atoms with Crippen molar-refractivity contribution in [2.75, 3.05) is 26.8 Å². The Morgan fingerprint density at radius 3 is 2.69 bits per heavy atom. The van der Waals surface area contributed by atoms with Crippen LogP contribution in [0.1, 0.15) is 33.1 Å². The summed E-state index contributed by atoms with van der Waals surface area (Å²) in [5.74, 6) is 0.0948. The predicted molar refractivity (Wildman–Crippen MR) is 64.3 cm³/mol. The van der Waals surface area contributed by atoms with E-state index >= 15 is 0 Å². The number of nitrogens with one attached hydrogen (secondary N) is 2. The van der Waals surface area contributed by atoms with Gasteiger partial charge in [-0.25, -0.2) is 0 Å². The number of hydrogen-bond acceptors (Lipinski definition) is 3. The molecule has 1 aliphatic carbocycles. The minimum absolute atomic E-state index is 0.0948. The van der Waals surface area contributed by atoms with Gasteiger partial charge in [-0.15, -0.1) is 0 Å². The van der Waals surface area contributed by atoms with Crippen LogP contribution in [0.15, 0.2) is 0 Å². The lowest BCUT2D eigenvalue weighted by atomic mass is 9.90. The lowest BCUT2D eigenvalue weighted by molar-refractivity contribution is -0.120. The predicted octanol–water partition coefficient (Wildman–Crippen LogP) is 0.917. The minimum atomic E-state index is 0.0948. The van der Waals surface area contributed by atoms with Gasteiger partial charge in [0.1, 0.15) is 0 Å². The van der Waals surface area contributed by atoms with E-state index in [0.717, 1.165) is 13.0 Å². The maximum absolute atomic E-state index is 11.5. The highest BCUT2D eigenvalue weighted by Gasteiger charge is 2.22. The summed E-state index contributed by atoms with van der Waals surface area (Å²) in [6.45, 7) is 6.18. The Balaban J connectivity index is 2.08. The lowest BCUT2D eigenvalue weighted by Gasteiger charge is -2.24. The van der Waals surface area contributed by atoms with E-state index in [9.17, 15) is 4.79 Å². The highest BCUT2D eigenvalue weighted by Crippen LogP contribution is 2.19. The van der Waals surface area contributed by atoms with Gasteiger partial charge in [0.2, 0.25) is 5.91 Å². The molecule has 1 saturated carbocycles. The maximum Gasteiger partial charge on any atom is 0.233 e. The molecule has 0 aromatic heterocycles. The van der Waals surface area contributed by atoms with E-state index < -0.39 is 0 Å². The third-order valence-corrected chi connectivity index (χ3v) is 2.88. The first-order chi connectivity index (χ1) is 7.53. The highest BCUT2D eigenvalue weighted by molar-refractivity contribution is 5.78. The normalized spacial score (nSPS) is 16.2. The smallest absolute Gasteiger partial charge is 0.233 e. The average Bonchev–Trinajstić information content (AvgIpc) is 3.05. The van der Waals surface area contributed by atoms with Crippen LogP contribution in [0.4, 0.5) is 0 Å². The average molecular weight is 228 g/mol. The van der Waals surface area contributed by atoms with E-state index in [-0.39, 0.29) is 11.3 Å². The molecule has 1 aliphatic rings. The second kappa shape index (κ2) is 6.21. The molecule has 94 valence electrons. The summed E-state index contributed by atoms with van der Waals surface area (Å²) < 4.78 is 5.05. The van der Waals surface area contributed by atoms with E-state index in [1.165, 1.54) is 12.8 Å². The number of carbonyl (C=O) groups excluding carboxylic acids is 1. The fourth-order valence-corrected chi connectivity index (χ4v) is 1.39. The molecule has 0 bridgehead atoms. The van der Waals surface area contributed by atoms with Gasteiger partial charge in [0.15, 0.2) is 0 Å². The molecule has 4 nitrogen and oxygen atoms in total. The molecule has 1 fully saturated rings. The zero-order valence-corrected chi connectivity index (χ0v) is 10.6. The van der Waals surface area contributed by atoms with Crippen molar-refractivity contribution < 1.29 is 9.53 Å². The van der Waals surface area contributed by atoms with Crippen molar-refractivity contribution >= 4 is 5.91 Å². The summed E-state index contributed by atoms with van der Waals surface area (Å²) >= 11 is 0. The van der Waals surface area contributed by atoms with E-state index in [0.29, 0.717) is 19.1 Å². The van der Waals surface area contributed by atoms with Crippen LogP contribution in [0.2, 0.25) is 0 Å². The Hall–Kier alpha value is -0.610. The van der Waals surface area contributed by atoms with Crippen LogP contribution in [-0.4, -0.2) is 38.8 Å². The summed E-state index contributed by atoms with van der Waals surface area (Å²) in [6, 6.07) is 0.590. The van der Waals surface area contributed by atoms with Crippen molar-refractivity contribution in [3.8, 4) is 0 Å². The van der Waals surface area contributed by atoms with Gasteiger partial charge in [-0.05, 0) is 24.7 Å². The molecule has 2 N–H and O–H groups in total. The molecule has 0 aromatic carbocycles. The molecule has 0 unspecified atom stereocenters. The molecule has 0 heterocycles. The summed E-state index contributed by atoms with van der Waals surface area (Å²) in [7, 11) is 1.70. The minimum Gasteiger partial charge on any atom is -0.385 e. The highest BCUT2D eigenvalue weighted by atomic mass is 16.5. The monoisotopic (exact) mass is 228 g/mol. The van der Waals surface area contributed by atoms with E-state index in [2.05, 4.69) is 24.5 Å². The van der Waals surface area contributed by atoms with Gasteiger partial charge in [-0.3, -0.25) is 4.79 Å². The third-order valence-electron chi connectivity index (χ3n) is 2.88. The van der Waals surface area contributed by atoms with Gasteiger partial charge in [-0.2, -0.15) is 0 Å². The largest absolute Gasteiger partial charge is 0.385 e. The topological polar surface area (TPSA) is 50.4 Å². The molecule has 0 radical (unpaired) electrons.